The Balaban J connectivity index is 1.03. The molecule has 6 aromatic carbocycles. The first-order chi connectivity index (χ1) is 32.9. The van der Waals surface area contributed by atoms with Crippen molar-refractivity contribution in [3.63, 3.8) is 0 Å². The van der Waals surface area contributed by atoms with Crippen molar-refractivity contribution in [1.82, 2.24) is 19.5 Å². The largest absolute Gasteiger partial charge is 0.461 e. The van der Waals surface area contributed by atoms with Gasteiger partial charge in [-0.25, -0.2) is 14.5 Å². The van der Waals surface area contributed by atoms with E-state index in [0.29, 0.717) is 23.0 Å². The van der Waals surface area contributed by atoms with Gasteiger partial charge in [0.1, 0.15) is 41.9 Å². The van der Waals surface area contributed by atoms with Crippen molar-refractivity contribution < 1.29 is 23.7 Å². The minimum absolute atomic E-state index is 0.0255. The minimum Gasteiger partial charge on any atom is -0.461 e. The average molecular weight is 890 g/mol. The van der Waals surface area contributed by atoms with Crippen LogP contribution in [0.5, 0.6) is 6.01 Å². The number of nitrogens with one attached hydrogen (secondary N) is 1. The SMILES string of the molecule is CC1(C)O[C@@H]2[C@H](O1)[C@@H](COC(c1ccccc1)(c1ccccc1)c1ccccc1)O[C@H]2n1c(OC2CCCCC2)nc2c(NC(c3ccccc3)(c3ccccc3)c3ccccc3)ncnc21. The molecule has 0 radical (unpaired) electrons. The van der Waals surface area contributed by atoms with Gasteiger partial charge in [-0.2, -0.15) is 4.98 Å². The third kappa shape index (κ3) is 7.97. The van der Waals surface area contributed by atoms with Gasteiger partial charge < -0.3 is 29.0 Å². The molecule has 10 heteroatoms. The zero-order valence-electron chi connectivity index (χ0n) is 37.9. The maximum Gasteiger partial charge on any atom is 0.301 e. The molecule has 1 aliphatic carbocycles. The van der Waals surface area contributed by atoms with Gasteiger partial charge >= 0.3 is 6.01 Å². The van der Waals surface area contributed by atoms with Gasteiger partial charge in [-0.15, -0.1) is 0 Å². The highest BCUT2D eigenvalue weighted by Crippen LogP contribution is 2.49. The molecule has 0 amide bonds. The first kappa shape index (κ1) is 42.9. The normalized spacial score (nSPS) is 20.7. The van der Waals surface area contributed by atoms with Crippen LogP contribution in [0.1, 0.15) is 85.6 Å². The summed E-state index contributed by atoms with van der Waals surface area (Å²) in [7, 11) is 0. The van der Waals surface area contributed by atoms with Crippen molar-refractivity contribution in [1.29, 1.82) is 0 Å². The summed E-state index contributed by atoms with van der Waals surface area (Å²) in [5.74, 6) is -0.362. The molecule has 1 saturated carbocycles. The Kier molecular flexibility index (Phi) is 11.6. The lowest BCUT2D eigenvalue weighted by Crippen LogP contribution is -2.39. The van der Waals surface area contributed by atoms with Crippen LogP contribution in [0.25, 0.3) is 11.2 Å². The Hall–Kier alpha value is -6.69. The van der Waals surface area contributed by atoms with Crippen LogP contribution in [0, 0.1) is 0 Å². The van der Waals surface area contributed by atoms with Crippen LogP contribution in [0.3, 0.4) is 0 Å². The molecule has 2 aliphatic heterocycles. The number of nitrogens with zero attached hydrogens (tertiary/aromatic N) is 4. The van der Waals surface area contributed by atoms with Crippen LogP contribution < -0.4 is 10.1 Å². The highest BCUT2D eigenvalue weighted by Gasteiger charge is 2.57. The van der Waals surface area contributed by atoms with E-state index >= 15 is 0 Å². The zero-order chi connectivity index (χ0) is 45.3. The number of benzene rings is 6. The van der Waals surface area contributed by atoms with Crippen molar-refractivity contribution in [2.75, 3.05) is 11.9 Å². The Morgan fingerprint density at radius 2 is 1.06 bits per heavy atom. The quantitative estimate of drug-likeness (QED) is 0.107. The zero-order valence-corrected chi connectivity index (χ0v) is 37.9. The molecule has 2 saturated heterocycles. The second kappa shape index (κ2) is 18.2. The van der Waals surface area contributed by atoms with Gasteiger partial charge in [0.25, 0.3) is 0 Å². The minimum atomic E-state index is -0.969. The molecule has 1 N–H and O–H groups in total. The predicted molar refractivity (Wildman–Crippen MR) is 259 cm³/mol. The summed E-state index contributed by atoms with van der Waals surface area (Å²) in [6.45, 7) is 4.08. The number of hydrogen-bond acceptors (Lipinski definition) is 9. The summed E-state index contributed by atoms with van der Waals surface area (Å²) in [5.41, 5.74) is 5.39. The highest BCUT2D eigenvalue weighted by atomic mass is 16.8. The lowest BCUT2D eigenvalue weighted by atomic mass is 9.77. The van der Waals surface area contributed by atoms with Crippen molar-refractivity contribution >= 4 is 17.0 Å². The fourth-order valence-electron chi connectivity index (χ4n) is 10.6. The molecule has 0 bridgehead atoms. The fraction of sp³-hybridized carbons (Fsp3) is 0.281. The maximum atomic E-state index is 7.40. The summed E-state index contributed by atoms with van der Waals surface area (Å²) in [4.78, 5) is 15.3. The number of anilines is 1. The van der Waals surface area contributed by atoms with Crippen LogP contribution in [-0.2, 0) is 30.1 Å². The van der Waals surface area contributed by atoms with Crippen molar-refractivity contribution in [2.24, 2.45) is 0 Å². The number of ether oxygens (including phenoxy) is 5. The molecule has 4 heterocycles. The molecular formula is C57H55N5O5. The van der Waals surface area contributed by atoms with E-state index in [2.05, 4.69) is 151 Å². The molecule has 2 aromatic heterocycles. The Bertz CT molecular complexity index is 2690. The van der Waals surface area contributed by atoms with Crippen LogP contribution in [0.2, 0.25) is 0 Å². The van der Waals surface area contributed by atoms with E-state index in [0.717, 1.165) is 59.1 Å². The average Bonchev–Trinajstić information content (AvgIpc) is 4.03. The fourth-order valence-corrected chi connectivity index (χ4v) is 10.6. The van der Waals surface area contributed by atoms with Crippen LogP contribution in [0.4, 0.5) is 5.82 Å². The molecule has 10 nitrogen and oxygen atoms in total. The Morgan fingerprint density at radius 3 is 1.55 bits per heavy atom. The van der Waals surface area contributed by atoms with Gasteiger partial charge in [-0.1, -0.05) is 188 Å². The molecule has 8 aromatic rings. The van der Waals surface area contributed by atoms with E-state index < -0.39 is 41.5 Å². The van der Waals surface area contributed by atoms with Gasteiger partial charge in [0.2, 0.25) is 0 Å². The number of hydrogen-bond donors (Lipinski definition) is 1. The van der Waals surface area contributed by atoms with E-state index in [4.69, 9.17) is 38.6 Å². The molecular weight excluding hydrogens is 835 g/mol. The second-order valence-electron chi connectivity index (χ2n) is 18.2. The molecule has 67 heavy (non-hydrogen) atoms. The van der Waals surface area contributed by atoms with Gasteiger partial charge in [0.15, 0.2) is 29.0 Å². The second-order valence-corrected chi connectivity index (χ2v) is 18.2. The van der Waals surface area contributed by atoms with Crippen molar-refractivity contribution in [3.8, 4) is 6.01 Å². The van der Waals surface area contributed by atoms with Crippen molar-refractivity contribution in [3.05, 3.63) is 222 Å². The van der Waals surface area contributed by atoms with Gasteiger partial charge in [0, 0.05) is 0 Å². The summed E-state index contributed by atoms with van der Waals surface area (Å²) in [5, 5.41) is 3.97. The van der Waals surface area contributed by atoms with Crippen LogP contribution in [0.15, 0.2) is 188 Å². The topological polar surface area (TPSA) is 102 Å². The Labute approximate surface area is 391 Å². The van der Waals surface area contributed by atoms with E-state index in [9.17, 15) is 0 Å². The first-order valence-electron chi connectivity index (χ1n) is 23.6. The van der Waals surface area contributed by atoms with Gasteiger partial charge in [-0.05, 0) is 72.9 Å². The first-order valence-corrected chi connectivity index (χ1v) is 23.6. The standard InChI is InChI=1S/C57H55N5O5/c1-55(2)66-49-47(38-63-57(43-30-16-6-17-31-43,44-32-18-7-19-33-44)45-34-20-8-21-35-45)65-53(50(49)67-55)62-52-48(60-54(62)64-46-36-22-9-23-37-46)51(58-39-59-52)61-56(40-24-10-3-11-25-40,41-26-12-4-13-27-41)42-28-14-5-15-29-42/h3-8,10-21,24-35,39,46-47,49-50,53H,9,22-23,36-38H2,1-2H3,(H,58,59,61)/t47-,49-,50-,53-/m1/s1. The number of imidazole rings is 1. The van der Waals surface area contributed by atoms with Crippen LogP contribution >= 0.6 is 0 Å². The summed E-state index contributed by atoms with van der Waals surface area (Å²) >= 11 is 0. The molecule has 338 valence electrons. The highest BCUT2D eigenvalue weighted by molar-refractivity contribution is 5.85. The van der Waals surface area contributed by atoms with E-state index in [-0.39, 0.29) is 12.7 Å². The number of aromatic nitrogens is 4. The van der Waals surface area contributed by atoms with Crippen LogP contribution in [-0.4, -0.2) is 56.3 Å². The van der Waals surface area contributed by atoms with Crippen molar-refractivity contribution in [2.45, 2.75) is 93.5 Å². The summed E-state index contributed by atoms with van der Waals surface area (Å²) in [6.07, 6.45) is 4.43. The maximum absolute atomic E-state index is 7.40. The molecule has 0 spiro atoms. The monoisotopic (exact) mass is 889 g/mol. The lowest BCUT2D eigenvalue weighted by Gasteiger charge is -2.37. The third-order valence-corrected chi connectivity index (χ3v) is 13.6. The Morgan fingerprint density at radius 1 is 0.597 bits per heavy atom. The summed E-state index contributed by atoms with van der Waals surface area (Å²) < 4.78 is 37.2. The smallest absolute Gasteiger partial charge is 0.301 e. The molecule has 3 fully saturated rings. The van der Waals surface area contributed by atoms with E-state index in [1.54, 1.807) is 6.33 Å². The number of fused-ring (bicyclic) bond motifs is 2. The number of rotatable bonds is 14. The van der Waals surface area contributed by atoms with Gasteiger partial charge in [0.05, 0.1) is 6.61 Å². The summed E-state index contributed by atoms with van der Waals surface area (Å²) in [6, 6.07) is 63.0. The third-order valence-electron chi connectivity index (χ3n) is 13.6. The lowest BCUT2D eigenvalue weighted by molar-refractivity contribution is -0.205. The van der Waals surface area contributed by atoms with E-state index in [1.165, 1.54) is 6.42 Å². The molecule has 11 rings (SSSR count). The van der Waals surface area contributed by atoms with Gasteiger partial charge in [-0.3, -0.25) is 0 Å². The molecule has 0 unspecified atom stereocenters. The van der Waals surface area contributed by atoms with E-state index in [1.807, 2.05) is 54.8 Å². The molecule has 3 aliphatic rings. The predicted octanol–water partition coefficient (Wildman–Crippen LogP) is 11.4. The molecule has 4 atom stereocenters.